The monoisotopic (exact) mass is 452 g/mol. The number of fused-ring (bicyclic) bond motifs is 1. The van der Waals surface area contributed by atoms with Crippen LogP contribution in [0.5, 0.6) is 0 Å². The van der Waals surface area contributed by atoms with Crippen LogP contribution in [-0.2, 0) is 16.0 Å². The molecule has 2 aliphatic heterocycles. The lowest BCUT2D eigenvalue weighted by molar-refractivity contribution is -0.132. The summed E-state index contributed by atoms with van der Waals surface area (Å²) in [5.41, 5.74) is 0.771. The lowest BCUT2D eigenvalue weighted by Crippen LogP contribution is -2.48. The van der Waals surface area contributed by atoms with Gasteiger partial charge in [0.25, 0.3) is 5.56 Å². The van der Waals surface area contributed by atoms with Crippen LogP contribution < -0.4 is 5.56 Å². The number of rotatable bonds is 6. The third-order valence-electron chi connectivity index (χ3n) is 7.33. The number of likely N-dealkylation sites (tertiary alicyclic amines) is 1. The molecule has 1 saturated carbocycles. The topological polar surface area (TPSA) is 67.7 Å². The fourth-order valence-corrected chi connectivity index (χ4v) is 5.62. The van der Waals surface area contributed by atoms with Gasteiger partial charge < -0.3 is 9.64 Å². The first-order chi connectivity index (χ1) is 16.0. The normalized spacial score (nSPS) is 25.0. The van der Waals surface area contributed by atoms with Gasteiger partial charge in [-0.1, -0.05) is 12.1 Å². The van der Waals surface area contributed by atoms with Crippen LogP contribution in [0.2, 0.25) is 0 Å². The van der Waals surface area contributed by atoms with E-state index in [0.29, 0.717) is 36.4 Å². The van der Waals surface area contributed by atoms with E-state index in [1.165, 1.54) is 0 Å². The zero-order chi connectivity index (χ0) is 22.9. The number of hydrogen-bond donors (Lipinski definition) is 0. The van der Waals surface area contributed by atoms with Crippen LogP contribution >= 0.6 is 0 Å². The number of aryl methyl sites for hydroxylation is 1. The SMILES string of the molecule is CC1CN(CC2CCN(C(=O)CCc3nc4ccccc4c(=O)n3C3CC3)CC2)CC(C)O1. The molecule has 1 aromatic heterocycles. The zero-order valence-corrected chi connectivity index (χ0v) is 19.9. The van der Waals surface area contributed by atoms with Crippen molar-refractivity contribution in [3.63, 3.8) is 0 Å². The molecule has 0 radical (unpaired) electrons. The summed E-state index contributed by atoms with van der Waals surface area (Å²) in [5, 5.41) is 0.672. The van der Waals surface area contributed by atoms with E-state index < -0.39 is 0 Å². The molecule has 7 heteroatoms. The number of carbonyl (C=O) groups excluding carboxylic acids is 1. The molecule has 2 atom stereocenters. The molecule has 2 aromatic rings. The molecule has 178 valence electrons. The van der Waals surface area contributed by atoms with Crippen molar-refractivity contribution >= 4 is 16.8 Å². The minimum Gasteiger partial charge on any atom is -0.373 e. The van der Waals surface area contributed by atoms with Gasteiger partial charge in [-0.25, -0.2) is 4.98 Å². The summed E-state index contributed by atoms with van der Waals surface area (Å²) in [6.07, 6.45) is 5.71. The zero-order valence-electron chi connectivity index (χ0n) is 19.9. The summed E-state index contributed by atoms with van der Waals surface area (Å²) >= 11 is 0. The Kier molecular flexibility index (Phi) is 6.52. The van der Waals surface area contributed by atoms with Crippen LogP contribution in [0.4, 0.5) is 0 Å². The Morgan fingerprint density at radius 1 is 1.06 bits per heavy atom. The summed E-state index contributed by atoms with van der Waals surface area (Å²) in [5.74, 6) is 1.60. The molecule has 0 N–H and O–H groups in total. The minimum absolute atomic E-state index is 0.0399. The van der Waals surface area contributed by atoms with Gasteiger partial charge in [0.15, 0.2) is 0 Å². The molecule has 3 aliphatic rings. The van der Waals surface area contributed by atoms with Crippen molar-refractivity contribution in [2.75, 3.05) is 32.7 Å². The average Bonchev–Trinajstić information content (AvgIpc) is 3.62. The highest BCUT2D eigenvalue weighted by molar-refractivity contribution is 5.78. The van der Waals surface area contributed by atoms with Gasteiger partial charge >= 0.3 is 0 Å². The summed E-state index contributed by atoms with van der Waals surface area (Å²) in [6.45, 7) is 9.08. The fraction of sp³-hybridized carbons (Fsp3) is 0.654. The molecule has 2 saturated heterocycles. The van der Waals surface area contributed by atoms with E-state index in [0.717, 1.165) is 69.7 Å². The maximum atomic E-state index is 13.0. The van der Waals surface area contributed by atoms with Crippen LogP contribution in [0, 0.1) is 5.92 Å². The van der Waals surface area contributed by atoms with Crippen LogP contribution in [-0.4, -0.2) is 70.2 Å². The molecule has 3 fully saturated rings. The molecule has 33 heavy (non-hydrogen) atoms. The lowest BCUT2D eigenvalue weighted by atomic mass is 9.95. The molecular weight excluding hydrogens is 416 g/mol. The van der Waals surface area contributed by atoms with Crippen molar-refractivity contribution in [3.05, 3.63) is 40.4 Å². The third-order valence-corrected chi connectivity index (χ3v) is 7.33. The van der Waals surface area contributed by atoms with E-state index in [-0.39, 0.29) is 17.5 Å². The van der Waals surface area contributed by atoms with Crippen LogP contribution in [0.1, 0.15) is 57.8 Å². The fourth-order valence-electron chi connectivity index (χ4n) is 5.62. The predicted molar refractivity (Wildman–Crippen MR) is 128 cm³/mol. The molecule has 1 amide bonds. The number of morpholine rings is 1. The van der Waals surface area contributed by atoms with Gasteiger partial charge in [-0.3, -0.25) is 19.1 Å². The lowest BCUT2D eigenvalue weighted by Gasteiger charge is -2.39. The van der Waals surface area contributed by atoms with Gasteiger partial charge in [0, 0.05) is 51.6 Å². The Balaban J connectivity index is 1.17. The molecule has 2 unspecified atom stereocenters. The Labute approximate surface area is 195 Å². The molecule has 1 aromatic carbocycles. The Morgan fingerprint density at radius 3 is 2.45 bits per heavy atom. The van der Waals surface area contributed by atoms with Crippen molar-refractivity contribution in [1.82, 2.24) is 19.4 Å². The number of piperidine rings is 1. The highest BCUT2D eigenvalue weighted by Crippen LogP contribution is 2.35. The summed E-state index contributed by atoms with van der Waals surface area (Å²) < 4.78 is 7.71. The second-order valence-electron chi connectivity index (χ2n) is 10.3. The number of nitrogens with zero attached hydrogens (tertiary/aromatic N) is 4. The molecular formula is C26H36N4O3. The van der Waals surface area contributed by atoms with Gasteiger partial charge in [0.1, 0.15) is 5.82 Å². The molecule has 7 nitrogen and oxygen atoms in total. The Morgan fingerprint density at radius 2 is 1.76 bits per heavy atom. The average molecular weight is 453 g/mol. The maximum absolute atomic E-state index is 13.0. The van der Waals surface area contributed by atoms with Gasteiger partial charge in [0.2, 0.25) is 5.91 Å². The summed E-state index contributed by atoms with van der Waals surface area (Å²) in [7, 11) is 0. The van der Waals surface area contributed by atoms with Gasteiger partial charge in [0.05, 0.1) is 23.1 Å². The van der Waals surface area contributed by atoms with Crippen molar-refractivity contribution in [2.45, 2.75) is 70.6 Å². The van der Waals surface area contributed by atoms with E-state index in [9.17, 15) is 9.59 Å². The van der Waals surface area contributed by atoms with E-state index in [1.54, 1.807) is 0 Å². The van der Waals surface area contributed by atoms with Crippen LogP contribution in [0.3, 0.4) is 0 Å². The third kappa shape index (κ3) is 5.14. The maximum Gasteiger partial charge on any atom is 0.261 e. The minimum atomic E-state index is 0.0399. The first kappa shape index (κ1) is 22.5. The predicted octanol–water partition coefficient (Wildman–Crippen LogP) is 3.01. The number of ether oxygens (including phenoxy) is 1. The standard InChI is InChI=1S/C26H36N4O3/c1-18-15-28(16-19(2)33-18)17-20-11-13-29(14-12-20)25(31)10-9-24-27-23-6-4-3-5-22(23)26(32)30(24)21-7-8-21/h3-6,18-21H,7-17H2,1-2H3. The largest absolute Gasteiger partial charge is 0.373 e. The van der Waals surface area contributed by atoms with E-state index in [2.05, 4.69) is 18.7 Å². The van der Waals surface area contributed by atoms with E-state index in [4.69, 9.17) is 9.72 Å². The number of hydrogen-bond acceptors (Lipinski definition) is 5. The number of carbonyl (C=O) groups is 1. The van der Waals surface area contributed by atoms with Gasteiger partial charge in [-0.15, -0.1) is 0 Å². The number of benzene rings is 1. The Hall–Kier alpha value is -2.25. The molecule has 3 heterocycles. The number of amides is 1. The van der Waals surface area contributed by atoms with E-state index in [1.807, 2.05) is 33.7 Å². The molecule has 0 bridgehead atoms. The first-order valence-corrected chi connectivity index (χ1v) is 12.6. The van der Waals surface area contributed by atoms with Crippen molar-refractivity contribution in [1.29, 1.82) is 0 Å². The van der Waals surface area contributed by atoms with Gasteiger partial charge in [-0.05, 0) is 57.6 Å². The summed E-state index contributed by atoms with van der Waals surface area (Å²) in [4.78, 5) is 35.3. The second-order valence-corrected chi connectivity index (χ2v) is 10.3. The molecule has 5 rings (SSSR count). The van der Waals surface area contributed by atoms with Crippen LogP contribution in [0.15, 0.2) is 29.1 Å². The second kappa shape index (κ2) is 9.55. The van der Waals surface area contributed by atoms with Gasteiger partial charge in [-0.2, -0.15) is 0 Å². The van der Waals surface area contributed by atoms with E-state index >= 15 is 0 Å². The van der Waals surface area contributed by atoms with Crippen LogP contribution in [0.25, 0.3) is 10.9 Å². The summed E-state index contributed by atoms with van der Waals surface area (Å²) in [6, 6.07) is 7.78. The highest BCUT2D eigenvalue weighted by Gasteiger charge is 2.30. The van der Waals surface area contributed by atoms with Crippen molar-refractivity contribution < 1.29 is 9.53 Å². The van der Waals surface area contributed by atoms with Crippen molar-refractivity contribution in [3.8, 4) is 0 Å². The smallest absolute Gasteiger partial charge is 0.261 e. The quantitative estimate of drug-likeness (QED) is 0.674. The highest BCUT2D eigenvalue weighted by atomic mass is 16.5. The van der Waals surface area contributed by atoms with Crippen molar-refractivity contribution in [2.24, 2.45) is 5.92 Å². The number of aromatic nitrogens is 2. The number of para-hydroxylation sites is 1. The Bertz CT molecular complexity index is 1050. The molecule has 0 spiro atoms. The first-order valence-electron chi connectivity index (χ1n) is 12.6. The molecule has 1 aliphatic carbocycles.